The maximum absolute atomic E-state index is 11.5. The third-order valence-corrected chi connectivity index (χ3v) is 2.81. The van der Waals surface area contributed by atoms with Crippen molar-refractivity contribution in [1.82, 2.24) is 0 Å². The molecule has 1 aliphatic rings. The first kappa shape index (κ1) is 9.77. The fourth-order valence-corrected chi connectivity index (χ4v) is 2.26. The normalized spacial score (nSPS) is 24.7. The molecule has 0 aliphatic carbocycles. The van der Waals surface area contributed by atoms with Crippen molar-refractivity contribution in [2.75, 3.05) is 5.32 Å². The first-order valence-electron chi connectivity index (χ1n) is 4.03. The van der Waals surface area contributed by atoms with E-state index < -0.39 is 5.54 Å². The van der Waals surface area contributed by atoms with Crippen molar-refractivity contribution in [3.8, 4) is 0 Å². The Morgan fingerprint density at radius 2 is 2.07 bits per heavy atom. The lowest BCUT2D eigenvalue weighted by molar-refractivity contribution is -0.120. The maximum atomic E-state index is 11.5. The summed E-state index contributed by atoms with van der Waals surface area (Å²) < 4.78 is 0. The van der Waals surface area contributed by atoms with Gasteiger partial charge >= 0.3 is 0 Å². The third kappa shape index (κ3) is 1.21. The van der Waals surface area contributed by atoms with E-state index in [4.69, 9.17) is 28.9 Å². The minimum absolute atomic E-state index is 0.267. The SMILES string of the molecule is C[C@@]1(N)C(=O)Nc2cc(Cl)cc(Cl)c21. The van der Waals surface area contributed by atoms with Gasteiger partial charge in [-0.25, -0.2) is 0 Å². The summed E-state index contributed by atoms with van der Waals surface area (Å²) in [5.74, 6) is -0.267. The number of carbonyl (C=O) groups excluding carboxylic acids is 1. The van der Waals surface area contributed by atoms with E-state index >= 15 is 0 Å². The second-order valence-corrected chi connectivity index (χ2v) is 4.31. The number of nitrogens with two attached hydrogens (primary N) is 1. The van der Waals surface area contributed by atoms with Crippen LogP contribution < -0.4 is 11.1 Å². The number of fused-ring (bicyclic) bond motifs is 1. The fourth-order valence-electron chi connectivity index (χ4n) is 1.57. The van der Waals surface area contributed by atoms with Crippen LogP contribution in [0.3, 0.4) is 0 Å². The molecular weight excluding hydrogens is 223 g/mol. The molecule has 0 aromatic heterocycles. The molecule has 0 spiro atoms. The van der Waals surface area contributed by atoms with Crippen LogP contribution in [0.15, 0.2) is 12.1 Å². The van der Waals surface area contributed by atoms with Gasteiger partial charge in [-0.2, -0.15) is 0 Å². The lowest BCUT2D eigenvalue weighted by Gasteiger charge is -2.16. The molecular formula is C9H8Cl2N2O. The van der Waals surface area contributed by atoms with Gasteiger partial charge in [0.05, 0.1) is 0 Å². The molecule has 0 saturated carbocycles. The van der Waals surface area contributed by atoms with Crippen LogP contribution in [0, 0.1) is 0 Å². The highest BCUT2D eigenvalue weighted by atomic mass is 35.5. The van der Waals surface area contributed by atoms with Crippen LogP contribution in [-0.2, 0) is 10.3 Å². The average Bonchev–Trinajstić information content (AvgIpc) is 2.21. The molecule has 3 nitrogen and oxygen atoms in total. The van der Waals surface area contributed by atoms with Crippen molar-refractivity contribution in [1.29, 1.82) is 0 Å². The number of benzene rings is 1. The summed E-state index contributed by atoms with van der Waals surface area (Å²) in [5.41, 5.74) is 5.97. The van der Waals surface area contributed by atoms with Crippen molar-refractivity contribution >= 4 is 34.8 Å². The van der Waals surface area contributed by atoms with Gasteiger partial charge in [-0.1, -0.05) is 23.2 Å². The van der Waals surface area contributed by atoms with E-state index in [-0.39, 0.29) is 5.91 Å². The number of hydrogen-bond donors (Lipinski definition) is 2. The van der Waals surface area contributed by atoms with Crippen molar-refractivity contribution < 1.29 is 4.79 Å². The maximum Gasteiger partial charge on any atom is 0.248 e. The Morgan fingerprint density at radius 1 is 1.43 bits per heavy atom. The Bertz CT molecular complexity index is 429. The van der Waals surface area contributed by atoms with E-state index in [9.17, 15) is 4.79 Å². The first-order chi connectivity index (χ1) is 6.43. The van der Waals surface area contributed by atoms with Gasteiger partial charge in [0.1, 0.15) is 5.54 Å². The van der Waals surface area contributed by atoms with Crippen LogP contribution in [0.25, 0.3) is 0 Å². The highest BCUT2D eigenvalue weighted by Crippen LogP contribution is 2.40. The quantitative estimate of drug-likeness (QED) is 0.718. The highest BCUT2D eigenvalue weighted by molar-refractivity contribution is 6.36. The number of anilines is 1. The Kier molecular flexibility index (Phi) is 2.00. The molecule has 2 rings (SSSR count). The molecule has 14 heavy (non-hydrogen) atoms. The molecule has 1 heterocycles. The van der Waals surface area contributed by atoms with Crippen LogP contribution in [0.5, 0.6) is 0 Å². The van der Waals surface area contributed by atoms with Crippen LogP contribution >= 0.6 is 23.2 Å². The smallest absolute Gasteiger partial charge is 0.248 e. The minimum atomic E-state index is -1.07. The molecule has 1 aromatic carbocycles. The minimum Gasteiger partial charge on any atom is -0.324 e. The predicted octanol–water partition coefficient (Wildman–Crippen LogP) is 2.12. The third-order valence-electron chi connectivity index (χ3n) is 2.29. The van der Waals surface area contributed by atoms with Gasteiger partial charge in [0.25, 0.3) is 0 Å². The number of halogens is 2. The Labute approximate surface area is 91.2 Å². The zero-order valence-corrected chi connectivity index (χ0v) is 8.91. The summed E-state index contributed by atoms with van der Waals surface area (Å²) in [6.07, 6.45) is 0. The number of hydrogen-bond acceptors (Lipinski definition) is 2. The summed E-state index contributed by atoms with van der Waals surface area (Å²) in [6, 6.07) is 3.21. The van der Waals surface area contributed by atoms with E-state index in [0.717, 1.165) is 0 Å². The van der Waals surface area contributed by atoms with Gasteiger partial charge in [-0.05, 0) is 19.1 Å². The fraction of sp³-hybridized carbons (Fsp3) is 0.222. The van der Waals surface area contributed by atoms with Gasteiger partial charge in [0, 0.05) is 21.3 Å². The second-order valence-electron chi connectivity index (χ2n) is 3.47. The van der Waals surface area contributed by atoms with Crippen LogP contribution in [0.2, 0.25) is 10.0 Å². The molecule has 1 aliphatic heterocycles. The zero-order valence-electron chi connectivity index (χ0n) is 7.40. The Morgan fingerprint density at radius 3 is 2.71 bits per heavy atom. The summed E-state index contributed by atoms with van der Waals surface area (Å²) in [4.78, 5) is 11.5. The number of nitrogens with one attached hydrogen (secondary N) is 1. The monoisotopic (exact) mass is 230 g/mol. The van der Waals surface area contributed by atoms with Gasteiger partial charge in [-0.15, -0.1) is 0 Å². The summed E-state index contributed by atoms with van der Waals surface area (Å²) in [5, 5.41) is 3.53. The predicted molar refractivity (Wildman–Crippen MR) is 56.6 cm³/mol. The lowest BCUT2D eigenvalue weighted by Crippen LogP contribution is -2.40. The van der Waals surface area contributed by atoms with Crippen molar-refractivity contribution in [2.24, 2.45) is 5.73 Å². The van der Waals surface area contributed by atoms with E-state index in [1.54, 1.807) is 19.1 Å². The van der Waals surface area contributed by atoms with E-state index in [1.807, 2.05) is 0 Å². The van der Waals surface area contributed by atoms with E-state index in [1.165, 1.54) is 0 Å². The highest BCUT2D eigenvalue weighted by Gasteiger charge is 2.41. The number of carbonyl (C=O) groups is 1. The molecule has 0 bridgehead atoms. The molecule has 5 heteroatoms. The van der Waals surface area contributed by atoms with Crippen molar-refractivity contribution in [2.45, 2.75) is 12.5 Å². The summed E-state index contributed by atoms with van der Waals surface area (Å²) in [6.45, 7) is 1.62. The first-order valence-corrected chi connectivity index (χ1v) is 4.78. The van der Waals surface area contributed by atoms with Gasteiger partial charge in [0.15, 0.2) is 0 Å². The van der Waals surface area contributed by atoms with Gasteiger partial charge in [-0.3, -0.25) is 4.79 Å². The van der Waals surface area contributed by atoms with Crippen molar-refractivity contribution in [3.63, 3.8) is 0 Å². The molecule has 3 N–H and O–H groups in total. The number of rotatable bonds is 0. The summed E-state index contributed by atoms with van der Waals surface area (Å²) in [7, 11) is 0. The second kappa shape index (κ2) is 2.86. The van der Waals surface area contributed by atoms with Crippen LogP contribution in [0.1, 0.15) is 12.5 Å². The average molecular weight is 231 g/mol. The van der Waals surface area contributed by atoms with Crippen LogP contribution in [0.4, 0.5) is 5.69 Å². The topological polar surface area (TPSA) is 55.1 Å². The lowest BCUT2D eigenvalue weighted by atomic mass is 9.95. The Balaban J connectivity index is 2.71. The van der Waals surface area contributed by atoms with Gasteiger partial charge in [0.2, 0.25) is 5.91 Å². The number of amides is 1. The van der Waals surface area contributed by atoms with E-state index in [0.29, 0.717) is 21.3 Å². The van der Waals surface area contributed by atoms with E-state index in [2.05, 4.69) is 5.32 Å². The van der Waals surface area contributed by atoms with Crippen LogP contribution in [-0.4, -0.2) is 5.91 Å². The van der Waals surface area contributed by atoms with Gasteiger partial charge < -0.3 is 11.1 Å². The molecule has 0 fully saturated rings. The molecule has 74 valence electrons. The molecule has 1 aromatic rings. The zero-order chi connectivity index (χ0) is 10.5. The molecule has 0 unspecified atom stereocenters. The van der Waals surface area contributed by atoms with Crippen molar-refractivity contribution in [3.05, 3.63) is 27.7 Å². The largest absolute Gasteiger partial charge is 0.324 e. The standard InChI is InChI=1S/C9H8Cl2N2O/c1-9(12)7-5(11)2-4(10)3-6(7)13-8(9)14/h2-3H,12H2,1H3,(H,13,14)/t9-/m0/s1. The Hall–Kier alpha value is -0.770. The molecule has 1 amide bonds. The molecule has 1 atom stereocenters. The molecule has 0 radical (unpaired) electrons. The molecule has 0 saturated heterocycles. The summed E-state index contributed by atoms with van der Waals surface area (Å²) >= 11 is 11.8.